The summed E-state index contributed by atoms with van der Waals surface area (Å²) in [6.45, 7) is 0.258. The molecule has 0 spiro atoms. The van der Waals surface area contributed by atoms with Gasteiger partial charge in [-0.15, -0.1) is 5.10 Å². The summed E-state index contributed by atoms with van der Waals surface area (Å²) in [6, 6.07) is 9.66. The lowest BCUT2D eigenvalue weighted by molar-refractivity contribution is -0.182. The highest BCUT2D eigenvalue weighted by atomic mass is 19.4. The molecular weight excluding hydrogens is 333 g/mol. The van der Waals surface area contributed by atoms with E-state index < -0.39 is 11.6 Å². The Balaban J connectivity index is 1.57. The zero-order chi connectivity index (χ0) is 17.5. The van der Waals surface area contributed by atoms with Crippen LogP contribution in [0.3, 0.4) is 0 Å². The van der Waals surface area contributed by atoms with Gasteiger partial charge in [0, 0.05) is 6.54 Å². The number of nitrogens with one attached hydrogen (secondary N) is 1. The largest absolute Gasteiger partial charge is 0.396 e. The zero-order valence-electron chi connectivity index (χ0n) is 13.2. The maximum atomic E-state index is 13.1. The van der Waals surface area contributed by atoms with Gasteiger partial charge in [-0.25, -0.2) is 14.6 Å². The third-order valence-corrected chi connectivity index (χ3v) is 4.52. The molecule has 130 valence electrons. The van der Waals surface area contributed by atoms with E-state index in [0.29, 0.717) is 17.7 Å². The Morgan fingerprint density at radius 2 is 1.88 bits per heavy atom. The standard InChI is InChI=1S/C16H15F3N6/c17-16(18,19)15(6-7-15)9-20-13-12-14(22-10-21-13)25(24-23-12)8-11-4-2-1-3-5-11/h1-5,10H,6-9H2,(H,20,21,22). The summed E-state index contributed by atoms with van der Waals surface area (Å²) in [5.74, 6) is 0.278. The minimum Gasteiger partial charge on any atom is -0.367 e. The highest BCUT2D eigenvalue weighted by Crippen LogP contribution is 2.57. The molecule has 0 unspecified atom stereocenters. The van der Waals surface area contributed by atoms with E-state index in [1.807, 2.05) is 30.3 Å². The molecule has 9 heteroatoms. The van der Waals surface area contributed by atoms with Crippen LogP contribution in [0.25, 0.3) is 11.2 Å². The predicted molar refractivity (Wildman–Crippen MR) is 84.9 cm³/mol. The van der Waals surface area contributed by atoms with Crippen LogP contribution in [0.15, 0.2) is 36.7 Å². The van der Waals surface area contributed by atoms with Crippen LogP contribution in [0.1, 0.15) is 18.4 Å². The van der Waals surface area contributed by atoms with E-state index in [9.17, 15) is 13.2 Å². The average Bonchev–Trinajstić information content (AvgIpc) is 3.30. The van der Waals surface area contributed by atoms with Crippen LogP contribution in [0.4, 0.5) is 19.0 Å². The Labute approximate surface area is 141 Å². The summed E-state index contributed by atoms with van der Waals surface area (Å²) in [5, 5.41) is 10.9. The van der Waals surface area contributed by atoms with Gasteiger partial charge >= 0.3 is 6.18 Å². The van der Waals surface area contributed by atoms with Gasteiger partial charge in [-0.05, 0) is 18.4 Å². The number of nitrogens with zero attached hydrogens (tertiary/aromatic N) is 5. The van der Waals surface area contributed by atoms with Gasteiger partial charge < -0.3 is 5.32 Å². The third kappa shape index (κ3) is 2.90. The zero-order valence-corrected chi connectivity index (χ0v) is 13.2. The molecule has 2 aromatic heterocycles. The second kappa shape index (κ2) is 5.68. The highest BCUT2D eigenvalue weighted by Gasteiger charge is 2.62. The molecule has 0 atom stereocenters. The van der Waals surface area contributed by atoms with Crippen LogP contribution in [0.2, 0.25) is 0 Å². The van der Waals surface area contributed by atoms with E-state index in [-0.39, 0.29) is 25.2 Å². The number of benzene rings is 1. The minimum atomic E-state index is -4.21. The Kier molecular flexibility index (Phi) is 3.59. The lowest BCUT2D eigenvalue weighted by Gasteiger charge is -2.19. The van der Waals surface area contributed by atoms with Crippen molar-refractivity contribution in [3.05, 3.63) is 42.2 Å². The van der Waals surface area contributed by atoms with Gasteiger partial charge in [-0.1, -0.05) is 35.5 Å². The fourth-order valence-electron chi connectivity index (χ4n) is 2.75. The Morgan fingerprint density at radius 3 is 2.56 bits per heavy atom. The first kappa shape index (κ1) is 15.8. The lowest BCUT2D eigenvalue weighted by Crippen LogP contribution is -2.31. The van der Waals surface area contributed by atoms with Crippen LogP contribution in [-0.2, 0) is 6.54 Å². The molecule has 4 rings (SSSR count). The fraction of sp³-hybridized carbons (Fsp3) is 0.375. The van der Waals surface area contributed by atoms with E-state index in [1.165, 1.54) is 6.33 Å². The van der Waals surface area contributed by atoms with Gasteiger partial charge in [-0.2, -0.15) is 13.2 Å². The van der Waals surface area contributed by atoms with Crippen molar-refractivity contribution in [1.82, 2.24) is 25.0 Å². The first-order valence-electron chi connectivity index (χ1n) is 7.87. The van der Waals surface area contributed by atoms with Crippen molar-refractivity contribution >= 4 is 17.0 Å². The van der Waals surface area contributed by atoms with Crippen molar-refractivity contribution in [2.24, 2.45) is 5.41 Å². The van der Waals surface area contributed by atoms with Crippen molar-refractivity contribution in [2.75, 3.05) is 11.9 Å². The second-order valence-electron chi connectivity index (χ2n) is 6.26. The summed E-state index contributed by atoms with van der Waals surface area (Å²) < 4.78 is 40.8. The van der Waals surface area contributed by atoms with Gasteiger partial charge in [0.25, 0.3) is 0 Å². The minimum absolute atomic E-state index is 0.137. The molecule has 1 N–H and O–H groups in total. The molecule has 6 nitrogen and oxygen atoms in total. The molecule has 1 fully saturated rings. The second-order valence-corrected chi connectivity index (χ2v) is 6.26. The van der Waals surface area contributed by atoms with Crippen molar-refractivity contribution in [2.45, 2.75) is 25.6 Å². The van der Waals surface area contributed by atoms with Gasteiger partial charge in [0.2, 0.25) is 0 Å². The van der Waals surface area contributed by atoms with Crippen molar-refractivity contribution in [1.29, 1.82) is 0 Å². The number of rotatable bonds is 5. The van der Waals surface area contributed by atoms with Gasteiger partial charge in [0.15, 0.2) is 17.0 Å². The van der Waals surface area contributed by atoms with E-state index in [4.69, 9.17) is 0 Å². The summed E-state index contributed by atoms with van der Waals surface area (Å²) >= 11 is 0. The van der Waals surface area contributed by atoms with Gasteiger partial charge in [0.1, 0.15) is 6.33 Å². The molecule has 0 aliphatic heterocycles. The number of hydrogen-bond acceptors (Lipinski definition) is 5. The molecule has 0 amide bonds. The van der Waals surface area contributed by atoms with Crippen LogP contribution in [-0.4, -0.2) is 37.7 Å². The molecule has 1 aliphatic carbocycles. The molecule has 25 heavy (non-hydrogen) atoms. The van der Waals surface area contributed by atoms with Crippen molar-refractivity contribution in [3.63, 3.8) is 0 Å². The van der Waals surface area contributed by atoms with E-state index >= 15 is 0 Å². The first-order valence-corrected chi connectivity index (χ1v) is 7.87. The van der Waals surface area contributed by atoms with E-state index in [2.05, 4.69) is 25.6 Å². The van der Waals surface area contributed by atoms with Crippen LogP contribution in [0.5, 0.6) is 0 Å². The summed E-state index contributed by atoms with van der Waals surface area (Å²) in [7, 11) is 0. The number of fused-ring (bicyclic) bond motifs is 1. The van der Waals surface area contributed by atoms with Crippen LogP contribution < -0.4 is 5.32 Å². The Hall–Kier alpha value is -2.71. The fourth-order valence-corrected chi connectivity index (χ4v) is 2.75. The lowest BCUT2D eigenvalue weighted by atomic mass is 10.1. The smallest absolute Gasteiger partial charge is 0.367 e. The normalized spacial score (nSPS) is 16.1. The quantitative estimate of drug-likeness (QED) is 0.768. The number of alkyl halides is 3. The first-order chi connectivity index (χ1) is 12.0. The summed E-state index contributed by atoms with van der Waals surface area (Å²) in [5.41, 5.74) is 0.232. The molecule has 0 bridgehead atoms. The maximum Gasteiger partial charge on any atom is 0.396 e. The van der Waals surface area contributed by atoms with Crippen LogP contribution in [0, 0.1) is 5.41 Å². The molecule has 1 saturated carbocycles. The molecule has 1 aromatic carbocycles. The summed E-state index contributed by atoms with van der Waals surface area (Å²) in [6.07, 6.45) is -2.63. The third-order valence-electron chi connectivity index (χ3n) is 4.52. The van der Waals surface area contributed by atoms with E-state index in [1.54, 1.807) is 4.68 Å². The number of anilines is 1. The highest BCUT2D eigenvalue weighted by molar-refractivity contribution is 5.81. The molecule has 2 heterocycles. The van der Waals surface area contributed by atoms with Gasteiger partial charge in [-0.3, -0.25) is 0 Å². The number of halogens is 3. The SMILES string of the molecule is FC(F)(F)C1(CNc2ncnc3c2nnn3Cc2ccccc2)CC1. The topological polar surface area (TPSA) is 68.5 Å². The Bertz CT molecular complexity index is 886. The van der Waals surface area contributed by atoms with Crippen molar-refractivity contribution in [3.8, 4) is 0 Å². The molecule has 1 aliphatic rings. The molecule has 3 aromatic rings. The summed E-state index contributed by atoms with van der Waals surface area (Å²) in [4.78, 5) is 8.21. The monoisotopic (exact) mass is 348 g/mol. The Morgan fingerprint density at radius 1 is 1.12 bits per heavy atom. The predicted octanol–water partition coefficient (Wildman–Crippen LogP) is 3.02. The van der Waals surface area contributed by atoms with Crippen LogP contribution >= 0.6 is 0 Å². The molecule has 0 radical (unpaired) electrons. The maximum absolute atomic E-state index is 13.1. The van der Waals surface area contributed by atoms with Crippen molar-refractivity contribution < 1.29 is 13.2 Å². The van der Waals surface area contributed by atoms with E-state index in [0.717, 1.165) is 5.56 Å². The molecular formula is C16H15F3N6. The van der Waals surface area contributed by atoms with Gasteiger partial charge in [0.05, 0.1) is 12.0 Å². The average molecular weight is 348 g/mol. The number of hydrogen-bond donors (Lipinski definition) is 1. The molecule has 0 saturated heterocycles. The number of aromatic nitrogens is 5.